The number of amides is 2. The van der Waals surface area contributed by atoms with Crippen LogP contribution in [0.4, 0.5) is 5.69 Å². The predicted molar refractivity (Wildman–Crippen MR) is 63.0 cm³/mol. The van der Waals surface area contributed by atoms with Gasteiger partial charge in [-0.3, -0.25) is 9.59 Å². The van der Waals surface area contributed by atoms with Crippen LogP contribution < -0.4 is 15.0 Å². The lowest BCUT2D eigenvalue weighted by Gasteiger charge is -2.30. The number of ether oxygens (including phenoxy) is 1. The Bertz CT molecular complexity index is 459. The molecule has 0 radical (unpaired) electrons. The third-order valence-corrected chi connectivity index (χ3v) is 2.68. The fourth-order valence-corrected chi connectivity index (χ4v) is 1.80. The quantitative estimate of drug-likeness (QED) is 0.812. The van der Waals surface area contributed by atoms with Gasteiger partial charge in [-0.25, -0.2) is 0 Å². The summed E-state index contributed by atoms with van der Waals surface area (Å²) in [6.07, 6.45) is 0. The van der Waals surface area contributed by atoms with Crippen LogP contribution in [-0.2, 0) is 9.59 Å². The fourth-order valence-electron chi connectivity index (χ4n) is 1.80. The van der Waals surface area contributed by atoms with Crippen molar-refractivity contribution in [1.29, 1.82) is 0 Å². The Hall–Kier alpha value is -2.04. The van der Waals surface area contributed by atoms with Crippen LogP contribution in [0.3, 0.4) is 0 Å². The highest BCUT2D eigenvalue weighted by Crippen LogP contribution is 2.22. The molecule has 1 saturated heterocycles. The number of benzene rings is 1. The van der Waals surface area contributed by atoms with Gasteiger partial charge in [-0.1, -0.05) is 6.07 Å². The molecule has 1 aliphatic rings. The van der Waals surface area contributed by atoms with Crippen molar-refractivity contribution in [3.05, 3.63) is 24.3 Å². The molecule has 0 saturated carbocycles. The van der Waals surface area contributed by atoms with E-state index in [2.05, 4.69) is 5.32 Å². The lowest BCUT2D eigenvalue weighted by Crippen LogP contribution is -2.57. The molecule has 0 aromatic heterocycles. The van der Waals surface area contributed by atoms with Crippen LogP contribution in [0.15, 0.2) is 24.3 Å². The average Bonchev–Trinajstić information content (AvgIpc) is 2.34. The number of anilines is 1. The second-order valence-electron chi connectivity index (χ2n) is 3.92. The van der Waals surface area contributed by atoms with Gasteiger partial charge in [0.1, 0.15) is 18.3 Å². The van der Waals surface area contributed by atoms with Gasteiger partial charge in [0.05, 0.1) is 7.11 Å². The van der Waals surface area contributed by atoms with Gasteiger partial charge >= 0.3 is 0 Å². The number of rotatable bonds is 2. The number of carbonyl (C=O) groups is 2. The summed E-state index contributed by atoms with van der Waals surface area (Å²) in [7, 11) is 1.56. The highest BCUT2D eigenvalue weighted by molar-refractivity contribution is 6.06. The minimum absolute atomic E-state index is 0.0519. The summed E-state index contributed by atoms with van der Waals surface area (Å²) in [5.41, 5.74) is 0.677. The minimum atomic E-state index is -0.484. The summed E-state index contributed by atoms with van der Waals surface area (Å²) in [6, 6.07) is 6.62. The number of nitrogens with zero attached hydrogens (tertiary/aromatic N) is 1. The smallest absolute Gasteiger partial charge is 0.249 e. The van der Waals surface area contributed by atoms with Crippen LogP contribution in [0.2, 0.25) is 0 Å². The van der Waals surface area contributed by atoms with Gasteiger partial charge in [0.25, 0.3) is 0 Å². The summed E-state index contributed by atoms with van der Waals surface area (Å²) in [5, 5.41) is 2.60. The predicted octanol–water partition coefficient (Wildman–Crippen LogP) is 0.546. The zero-order valence-electron chi connectivity index (χ0n) is 9.77. The van der Waals surface area contributed by atoms with E-state index in [4.69, 9.17) is 4.74 Å². The maximum Gasteiger partial charge on any atom is 0.249 e. The van der Waals surface area contributed by atoms with Crippen LogP contribution in [0, 0.1) is 0 Å². The second kappa shape index (κ2) is 4.45. The number of hydrogen-bond donors (Lipinski definition) is 1. The summed E-state index contributed by atoms with van der Waals surface area (Å²) < 4.78 is 5.10. The zero-order valence-corrected chi connectivity index (χ0v) is 9.77. The van der Waals surface area contributed by atoms with E-state index in [1.54, 1.807) is 38.3 Å². The van der Waals surface area contributed by atoms with Crippen molar-refractivity contribution < 1.29 is 14.3 Å². The summed E-state index contributed by atoms with van der Waals surface area (Å²) in [4.78, 5) is 24.8. The Morgan fingerprint density at radius 3 is 2.88 bits per heavy atom. The number of methoxy groups -OCH3 is 1. The Balaban J connectivity index is 2.31. The van der Waals surface area contributed by atoms with Crippen LogP contribution in [0.1, 0.15) is 6.92 Å². The first-order valence-corrected chi connectivity index (χ1v) is 5.36. The Labute approximate surface area is 99.4 Å². The molecule has 0 spiro atoms. The minimum Gasteiger partial charge on any atom is -0.497 e. The van der Waals surface area contributed by atoms with Crippen molar-refractivity contribution in [3.63, 3.8) is 0 Å². The molecule has 1 aromatic carbocycles. The molecule has 1 aliphatic heterocycles. The average molecular weight is 234 g/mol. The van der Waals surface area contributed by atoms with E-state index in [1.165, 1.54) is 4.90 Å². The Morgan fingerprint density at radius 2 is 2.18 bits per heavy atom. The monoisotopic (exact) mass is 234 g/mol. The second-order valence-corrected chi connectivity index (χ2v) is 3.92. The molecule has 5 nitrogen and oxygen atoms in total. The van der Waals surface area contributed by atoms with Gasteiger partial charge in [-0.05, 0) is 19.1 Å². The molecular formula is C12H14N2O3. The lowest BCUT2D eigenvalue weighted by atomic mass is 10.2. The van der Waals surface area contributed by atoms with Crippen molar-refractivity contribution in [2.75, 3.05) is 18.6 Å². The third kappa shape index (κ3) is 2.22. The standard InChI is InChI=1S/C12H14N2O3/c1-8-12(16)14(7-11(15)13-8)9-4-3-5-10(6-9)17-2/h3-6,8H,7H2,1-2H3,(H,13,15). The summed E-state index contributed by atoms with van der Waals surface area (Å²) in [6.45, 7) is 1.73. The van der Waals surface area contributed by atoms with Crippen LogP contribution in [0.5, 0.6) is 5.75 Å². The highest BCUT2D eigenvalue weighted by atomic mass is 16.5. The Kier molecular flexibility index (Phi) is 2.99. The normalized spacial score (nSPS) is 20.1. The molecule has 17 heavy (non-hydrogen) atoms. The number of carbonyl (C=O) groups excluding carboxylic acids is 2. The largest absolute Gasteiger partial charge is 0.497 e. The highest BCUT2D eigenvalue weighted by Gasteiger charge is 2.30. The van der Waals surface area contributed by atoms with Crippen molar-refractivity contribution in [2.24, 2.45) is 0 Å². The van der Waals surface area contributed by atoms with Gasteiger partial charge in [-0.15, -0.1) is 0 Å². The van der Waals surface area contributed by atoms with E-state index < -0.39 is 6.04 Å². The molecule has 1 aromatic rings. The molecule has 2 rings (SSSR count). The van der Waals surface area contributed by atoms with Crippen LogP contribution in [-0.4, -0.2) is 31.5 Å². The molecule has 2 amide bonds. The molecule has 1 heterocycles. The molecule has 90 valence electrons. The van der Waals surface area contributed by atoms with Crippen molar-refractivity contribution in [3.8, 4) is 5.75 Å². The van der Waals surface area contributed by atoms with Gasteiger partial charge in [0.2, 0.25) is 11.8 Å². The zero-order chi connectivity index (χ0) is 12.4. The van der Waals surface area contributed by atoms with Crippen LogP contribution >= 0.6 is 0 Å². The van der Waals surface area contributed by atoms with E-state index in [-0.39, 0.29) is 18.4 Å². The van der Waals surface area contributed by atoms with E-state index >= 15 is 0 Å². The molecule has 1 atom stereocenters. The van der Waals surface area contributed by atoms with Crippen molar-refractivity contribution >= 4 is 17.5 Å². The third-order valence-electron chi connectivity index (χ3n) is 2.68. The number of nitrogens with one attached hydrogen (secondary N) is 1. The molecule has 0 aliphatic carbocycles. The SMILES string of the molecule is COc1cccc(N2CC(=O)NC(C)C2=O)c1. The molecule has 1 N–H and O–H groups in total. The Morgan fingerprint density at radius 1 is 1.41 bits per heavy atom. The molecule has 5 heteroatoms. The maximum atomic E-state index is 11.9. The van der Waals surface area contributed by atoms with E-state index in [0.29, 0.717) is 11.4 Å². The number of hydrogen-bond acceptors (Lipinski definition) is 3. The molecular weight excluding hydrogens is 220 g/mol. The van der Waals surface area contributed by atoms with Crippen molar-refractivity contribution in [2.45, 2.75) is 13.0 Å². The van der Waals surface area contributed by atoms with Gasteiger partial charge < -0.3 is 15.0 Å². The van der Waals surface area contributed by atoms with Crippen LogP contribution in [0.25, 0.3) is 0 Å². The summed E-state index contributed by atoms with van der Waals surface area (Å²) >= 11 is 0. The van der Waals surface area contributed by atoms with Gasteiger partial charge in [0.15, 0.2) is 0 Å². The maximum absolute atomic E-state index is 11.9. The topological polar surface area (TPSA) is 58.6 Å². The first-order valence-electron chi connectivity index (χ1n) is 5.36. The van der Waals surface area contributed by atoms with Crippen molar-refractivity contribution in [1.82, 2.24) is 5.32 Å². The molecule has 0 bridgehead atoms. The fraction of sp³-hybridized carbons (Fsp3) is 0.333. The lowest BCUT2D eigenvalue weighted by molar-refractivity contribution is -0.130. The number of piperazine rings is 1. The first kappa shape index (κ1) is 11.4. The van der Waals surface area contributed by atoms with Gasteiger partial charge in [0, 0.05) is 11.8 Å². The molecule has 1 unspecified atom stereocenters. The van der Waals surface area contributed by atoms with E-state index in [9.17, 15) is 9.59 Å². The van der Waals surface area contributed by atoms with E-state index in [1.807, 2.05) is 0 Å². The summed E-state index contributed by atoms with van der Waals surface area (Å²) in [5.74, 6) is 0.395. The molecule has 1 fully saturated rings. The van der Waals surface area contributed by atoms with Gasteiger partial charge in [-0.2, -0.15) is 0 Å². The first-order chi connectivity index (χ1) is 8.11. The van der Waals surface area contributed by atoms with E-state index in [0.717, 1.165) is 0 Å².